The maximum atomic E-state index is 10.4. The Morgan fingerprint density at radius 3 is 2.33 bits per heavy atom. The Balaban J connectivity index is 3.39. The predicted molar refractivity (Wildman–Crippen MR) is 65.8 cm³/mol. The fourth-order valence-corrected chi connectivity index (χ4v) is 1.58. The molecule has 0 rings (SSSR count). The third kappa shape index (κ3) is 9.51. The van der Waals surface area contributed by atoms with Crippen molar-refractivity contribution in [2.45, 2.75) is 52.4 Å². The molecule has 0 aliphatic rings. The van der Waals surface area contributed by atoms with Gasteiger partial charge in [0.2, 0.25) is 0 Å². The Kier molecular flexibility index (Phi) is 9.24. The molecule has 0 aromatic rings. The number of unbranched alkanes of at least 4 members (excludes halogenated alkanes) is 5. The second kappa shape index (κ2) is 9.75. The molecule has 0 amide bonds. The maximum Gasteiger partial charge on any atom is 0.147 e. The summed E-state index contributed by atoms with van der Waals surface area (Å²) in [4.78, 5) is 12.5. The van der Waals surface area contributed by atoms with Crippen molar-refractivity contribution >= 4 is 6.29 Å². The van der Waals surface area contributed by atoms with Gasteiger partial charge in [-0.1, -0.05) is 39.0 Å². The van der Waals surface area contributed by atoms with Gasteiger partial charge >= 0.3 is 0 Å². The average Bonchev–Trinajstić information content (AvgIpc) is 2.23. The van der Waals surface area contributed by atoms with E-state index in [0.717, 1.165) is 18.4 Å². The lowest BCUT2D eigenvalue weighted by Gasteiger charge is -2.13. The molecule has 0 radical (unpaired) electrons. The number of hydrogen-bond donors (Lipinski definition) is 0. The van der Waals surface area contributed by atoms with Crippen molar-refractivity contribution in [3.63, 3.8) is 0 Å². The van der Waals surface area contributed by atoms with Gasteiger partial charge in [-0.25, -0.2) is 0 Å². The third-order valence-corrected chi connectivity index (χ3v) is 2.47. The molecule has 0 aromatic heterocycles. The molecule has 0 aromatic carbocycles. The lowest BCUT2D eigenvalue weighted by molar-refractivity contribution is -0.104. The minimum absolute atomic E-state index is 0.795. The molecular weight excluding hydrogens is 186 g/mol. The van der Waals surface area contributed by atoms with Crippen molar-refractivity contribution < 1.29 is 4.79 Å². The molecule has 2 nitrogen and oxygen atoms in total. The zero-order chi connectivity index (χ0) is 11.5. The van der Waals surface area contributed by atoms with E-state index in [-0.39, 0.29) is 0 Å². The fourth-order valence-electron chi connectivity index (χ4n) is 1.58. The predicted octanol–water partition coefficient (Wildman–Crippen LogP) is 3.38. The second-order valence-electron chi connectivity index (χ2n) is 4.24. The number of carbonyl (C=O) groups is 1. The van der Waals surface area contributed by atoms with E-state index >= 15 is 0 Å². The van der Waals surface area contributed by atoms with Crippen LogP contribution in [-0.2, 0) is 4.79 Å². The van der Waals surface area contributed by atoms with Crippen LogP contribution in [0.25, 0.3) is 0 Å². The number of rotatable bonds is 9. The van der Waals surface area contributed by atoms with Crippen molar-refractivity contribution in [1.29, 1.82) is 0 Å². The smallest absolute Gasteiger partial charge is 0.147 e. The summed E-state index contributed by atoms with van der Waals surface area (Å²) in [5.74, 6) is 0. The van der Waals surface area contributed by atoms with Gasteiger partial charge in [0.25, 0.3) is 0 Å². The molecule has 88 valence electrons. The number of carbonyl (C=O) groups excluding carboxylic acids is 1. The zero-order valence-corrected chi connectivity index (χ0v) is 10.5. The molecule has 0 heterocycles. The van der Waals surface area contributed by atoms with Crippen LogP contribution in [0.2, 0.25) is 0 Å². The summed E-state index contributed by atoms with van der Waals surface area (Å²) in [6.07, 6.45) is 10.7. The van der Waals surface area contributed by atoms with Crippen LogP contribution in [0, 0.1) is 0 Å². The van der Waals surface area contributed by atoms with Crippen LogP contribution in [0.4, 0.5) is 0 Å². The molecule has 0 fully saturated rings. The molecule has 0 atom stereocenters. The average molecular weight is 211 g/mol. The van der Waals surface area contributed by atoms with Gasteiger partial charge in [0.05, 0.1) is 0 Å². The highest BCUT2D eigenvalue weighted by molar-refractivity contribution is 5.71. The summed E-state index contributed by atoms with van der Waals surface area (Å²) in [7, 11) is 2.03. The molecular formula is C13H25NO. The lowest BCUT2D eigenvalue weighted by atomic mass is 10.1. The first-order valence-electron chi connectivity index (χ1n) is 6.04. The molecule has 0 aliphatic heterocycles. The van der Waals surface area contributed by atoms with Gasteiger partial charge in [-0.2, -0.15) is 0 Å². The minimum Gasteiger partial charge on any atom is -0.380 e. The Bertz CT molecular complexity index is 187. The van der Waals surface area contributed by atoms with Crippen LogP contribution in [0.5, 0.6) is 0 Å². The summed E-state index contributed by atoms with van der Waals surface area (Å²) < 4.78 is 0. The Hall–Kier alpha value is -0.790. The van der Waals surface area contributed by atoms with Gasteiger partial charge < -0.3 is 4.90 Å². The van der Waals surface area contributed by atoms with Gasteiger partial charge in [-0.05, 0) is 13.3 Å². The van der Waals surface area contributed by atoms with Gasteiger partial charge in [0.1, 0.15) is 6.29 Å². The van der Waals surface area contributed by atoms with Crippen molar-refractivity contribution in [3.05, 3.63) is 11.8 Å². The van der Waals surface area contributed by atoms with E-state index in [1.54, 1.807) is 0 Å². The maximum absolute atomic E-state index is 10.4. The van der Waals surface area contributed by atoms with Crippen molar-refractivity contribution in [3.8, 4) is 0 Å². The van der Waals surface area contributed by atoms with Crippen molar-refractivity contribution in [2.75, 3.05) is 13.6 Å². The molecule has 0 N–H and O–H groups in total. The highest BCUT2D eigenvalue weighted by atomic mass is 16.1. The molecule has 0 aliphatic carbocycles. The summed E-state index contributed by atoms with van der Waals surface area (Å²) in [6, 6.07) is 0. The van der Waals surface area contributed by atoms with E-state index in [1.807, 2.05) is 20.2 Å². The van der Waals surface area contributed by atoms with E-state index in [4.69, 9.17) is 0 Å². The van der Waals surface area contributed by atoms with Crippen molar-refractivity contribution in [2.24, 2.45) is 0 Å². The quantitative estimate of drug-likeness (QED) is 0.331. The molecule has 0 saturated carbocycles. The monoisotopic (exact) mass is 211 g/mol. The van der Waals surface area contributed by atoms with Gasteiger partial charge in [0.15, 0.2) is 0 Å². The van der Waals surface area contributed by atoms with Crippen LogP contribution in [0.15, 0.2) is 11.8 Å². The van der Waals surface area contributed by atoms with Crippen LogP contribution in [0.1, 0.15) is 52.4 Å². The van der Waals surface area contributed by atoms with Crippen molar-refractivity contribution in [1.82, 2.24) is 4.90 Å². The van der Waals surface area contributed by atoms with E-state index < -0.39 is 0 Å². The molecule has 0 unspecified atom stereocenters. The molecule has 0 bridgehead atoms. The Morgan fingerprint density at radius 2 is 1.73 bits per heavy atom. The van der Waals surface area contributed by atoms with E-state index in [0.29, 0.717) is 0 Å². The molecule has 0 saturated heterocycles. The van der Waals surface area contributed by atoms with Gasteiger partial charge in [0, 0.05) is 25.4 Å². The SMILES string of the molecule is CCCCCCCCN(C)C=C(C)C=O. The Labute approximate surface area is 94.4 Å². The standard InChI is InChI=1S/C13H25NO/c1-4-5-6-7-8-9-10-14(3)11-13(2)12-15/h11-12H,4-10H2,1-3H3. The molecule has 2 heteroatoms. The summed E-state index contributed by atoms with van der Waals surface area (Å²) in [5.41, 5.74) is 0.795. The number of allylic oxidation sites excluding steroid dienone is 1. The van der Waals surface area contributed by atoms with E-state index in [1.165, 1.54) is 38.5 Å². The van der Waals surface area contributed by atoms with Crippen LogP contribution < -0.4 is 0 Å². The highest BCUT2D eigenvalue weighted by Crippen LogP contribution is 2.05. The second-order valence-corrected chi connectivity index (χ2v) is 4.24. The largest absolute Gasteiger partial charge is 0.380 e. The van der Waals surface area contributed by atoms with Crippen LogP contribution in [0.3, 0.4) is 0 Å². The topological polar surface area (TPSA) is 20.3 Å². The van der Waals surface area contributed by atoms with E-state index in [2.05, 4.69) is 11.8 Å². The van der Waals surface area contributed by atoms with Crippen LogP contribution >= 0.6 is 0 Å². The first-order valence-corrected chi connectivity index (χ1v) is 6.04. The normalized spacial score (nSPS) is 11.5. The highest BCUT2D eigenvalue weighted by Gasteiger charge is 1.94. The molecule has 0 spiro atoms. The summed E-state index contributed by atoms with van der Waals surface area (Å²) in [5, 5.41) is 0. The third-order valence-electron chi connectivity index (χ3n) is 2.47. The van der Waals surface area contributed by atoms with E-state index in [9.17, 15) is 4.79 Å². The number of aldehydes is 1. The van der Waals surface area contributed by atoms with Gasteiger partial charge in [-0.15, -0.1) is 0 Å². The number of nitrogens with zero attached hydrogens (tertiary/aromatic N) is 1. The zero-order valence-electron chi connectivity index (χ0n) is 10.5. The summed E-state index contributed by atoms with van der Waals surface area (Å²) in [6.45, 7) is 5.13. The van der Waals surface area contributed by atoms with Crippen LogP contribution in [-0.4, -0.2) is 24.8 Å². The lowest BCUT2D eigenvalue weighted by Crippen LogP contribution is -2.13. The fraction of sp³-hybridized carbons (Fsp3) is 0.769. The summed E-state index contributed by atoms with van der Waals surface area (Å²) >= 11 is 0. The number of hydrogen-bond acceptors (Lipinski definition) is 2. The first kappa shape index (κ1) is 14.2. The van der Waals surface area contributed by atoms with Gasteiger partial charge in [-0.3, -0.25) is 4.79 Å². The molecule has 15 heavy (non-hydrogen) atoms. The Morgan fingerprint density at radius 1 is 1.13 bits per heavy atom. The minimum atomic E-state index is 0.795. The first-order chi connectivity index (χ1) is 7.20.